The molecule has 1 heterocycles. The maximum Gasteiger partial charge on any atom is 0.273 e. The Morgan fingerprint density at radius 2 is 2.26 bits per heavy atom. The van der Waals surface area contributed by atoms with Crippen LogP contribution in [0, 0.1) is 10.1 Å². The summed E-state index contributed by atoms with van der Waals surface area (Å²) in [6.45, 7) is 0.589. The molecule has 19 heavy (non-hydrogen) atoms. The van der Waals surface area contributed by atoms with E-state index in [4.69, 9.17) is 16.3 Å². The van der Waals surface area contributed by atoms with E-state index in [-0.39, 0.29) is 5.69 Å². The van der Waals surface area contributed by atoms with Crippen LogP contribution in [0.1, 0.15) is 4.88 Å². The Kier molecular flexibility index (Phi) is 4.24. The first kappa shape index (κ1) is 13.6. The number of nitrogens with one attached hydrogen (secondary N) is 1. The molecule has 0 aliphatic rings. The normalized spacial score (nSPS) is 10.2. The number of hydrogen-bond donors (Lipinski definition) is 1. The standard InChI is InChI=1S/C12H11ClN2O3S/c1-18-12-5-9(15(16)17)2-3-11(12)14-6-10-4-8(13)7-19-10/h2-5,7,14H,6H2,1H3. The van der Waals surface area contributed by atoms with Gasteiger partial charge in [-0.2, -0.15) is 0 Å². The van der Waals surface area contributed by atoms with Crippen LogP contribution < -0.4 is 10.1 Å². The van der Waals surface area contributed by atoms with Crippen LogP contribution in [0.5, 0.6) is 5.75 Å². The van der Waals surface area contributed by atoms with Crippen molar-refractivity contribution in [3.05, 3.63) is 49.7 Å². The number of halogens is 1. The minimum atomic E-state index is -0.453. The Labute approximate surface area is 118 Å². The van der Waals surface area contributed by atoms with Crippen LogP contribution in [-0.2, 0) is 6.54 Å². The van der Waals surface area contributed by atoms with Crippen molar-refractivity contribution in [2.75, 3.05) is 12.4 Å². The van der Waals surface area contributed by atoms with Gasteiger partial charge in [0, 0.05) is 22.9 Å². The number of non-ortho nitro benzene ring substituents is 1. The van der Waals surface area contributed by atoms with Crippen molar-refractivity contribution in [1.82, 2.24) is 0 Å². The maximum absolute atomic E-state index is 10.7. The number of hydrogen-bond acceptors (Lipinski definition) is 5. The molecule has 0 saturated carbocycles. The highest BCUT2D eigenvalue weighted by Crippen LogP contribution is 2.30. The second-order valence-electron chi connectivity index (χ2n) is 3.73. The molecular formula is C12H11ClN2O3S. The lowest BCUT2D eigenvalue weighted by molar-refractivity contribution is -0.384. The molecule has 100 valence electrons. The third-order valence-corrected chi connectivity index (χ3v) is 3.76. The minimum absolute atomic E-state index is 0.00145. The van der Waals surface area contributed by atoms with E-state index < -0.39 is 4.92 Å². The van der Waals surface area contributed by atoms with Crippen molar-refractivity contribution in [3.8, 4) is 5.75 Å². The average Bonchev–Trinajstić information content (AvgIpc) is 2.81. The second-order valence-corrected chi connectivity index (χ2v) is 5.16. The molecule has 2 rings (SSSR count). The highest BCUT2D eigenvalue weighted by atomic mass is 35.5. The van der Waals surface area contributed by atoms with Gasteiger partial charge in [0.1, 0.15) is 5.75 Å². The van der Waals surface area contributed by atoms with Crippen molar-refractivity contribution < 1.29 is 9.66 Å². The van der Waals surface area contributed by atoms with Gasteiger partial charge in [0.05, 0.1) is 28.8 Å². The maximum atomic E-state index is 10.7. The van der Waals surface area contributed by atoms with Gasteiger partial charge in [-0.3, -0.25) is 10.1 Å². The number of methoxy groups -OCH3 is 1. The quantitative estimate of drug-likeness (QED) is 0.671. The van der Waals surface area contributed by atoms with E-state index in [2.05, 4.69) is 5.32 Å². The molecule has 7 heteroatoms. The Balaban J connectivity index is 2.13. The molecule has 0 bridgehead atoms. The molecule has 1 aromatic carbocycles. The summed E-state index contributed by atoms with van der Waals surface area (Å²) in [5.74, 6) is 0.442. The number of thiophene rings is 1. The van der Waals surface area contributed by atoms with E-state index in [1.165, 1.54) is 19.2 Å². The number of nitrogens with zero attached hydrogens (tertiary/aromatic N) is 1. The average molecular weight is 299 g/mol. The first-order valence-corrected chi connectivity index (χ1v) is 6.65. The summed E-state index contributed by atoms with van der Waals surface area (Å²) >= 11 is 7.39. The fourth-order valence-electron chi connectivity index (χ4n) is 1.57. The summed E-state index contributed by atoms with van der Waals surface area (Å²) < 4.78 is 5.14. The molecule has 0 unspecified atom stereocenters. The smallest absolute Gasteiger partial charge is 0.273 e. The Hall–Kier alpha value is -1.79. The van der Waals surface area contributed by atoms with Crippen LogP contribution in [0.25, 0.3) is 0 Å². The summed E-state index contributed by atoms with van der Waals surface area (Å²) in [5.41, 5.74) is 0.708. The molecule has 0 radical (unpaired) electrons. The predicted molar refractivity (Wildman–Crippen MR) is 76.3 cm³/mol. The monoisotopic (exact) mass is 298 g/mol. The SMILES string of the molecule is COc1cc([N+](=O)[O-])ccc1NCc1cc(Cl)cs1. The van der Waals surface area contributed by atoms with E-state index >= 15 is 0 Å². The molecule has 0 fully saturated rings. The fraction of sp³-hybridized carbons (Fsp3) is 0.167. The molecule has 0 aliphatic heterocycles. The van der Waals surface area contributed by atoms with Gasteiger partial charge in [0.25, 0.3) is 5.69 Å². The molecule has 0 saturated heterocycles. The number of anilines is 1. The van der Waals surface area contributed by atoms with Crippen LogP contribution >= 0.6 is 22.9 Å². The molecule has 0 spiro atoms. The first-order valence-electron chi connectivity index (χ1n) is 5.39. The third kappa shape index (κ3) is 3.36. The zero-order valence-corrected chi connectivity index (χ0v) is 11.6. The van der Waals surface area contributed by atoms with Gasteiger partial charge < -0.3 is 10.1 Å². The van der Waals surface area contributed by atoms with Gasteiger partial charge in [-0.15, -0.1) is 11.3 Å². The predicted octanol–water partition coefficient (Wildman–Crippen LogP) is 3.93. The van der Waals surface area contributed by atoms with Crippen molar-refractivity contribution in [2.45, 2.75) is 6.54 Å². The van der Waals surface area contributed by atoms with Gasteiger partial charge in [0.15, 0.2) is 0 Å². The van der Waals surface area contributed by atoms with Crippen LogP contribution in [0.4, 0.5) is 11.4 Å². The molecule has 0 atom stereocenters. The lowest BCUT2D eigenvalue weighted by atomic mass is 10.2. The lowest BCUT2D eigenvalue weighted by Gasteiger charge is -2.09. The number of nitro benzene ring substituents is 1. The second kappa shape index (κ2) is 5.90. The summed E-state index contributed by atoms with van der Waals surface area (Å²) in [5, 5.41) is 16.4. The van der Waals surface area contributed by atoms with E-state index in [0.717, 1.165) is 4.88 Å². The van der Waals surface area contributed by atoms with Crippen LogP contribution in [0.2, 0.25) is 5.02 Å². The highest BCUT2D eigenvalue weighted by molar-refractivity contribution is 7.10. The van der Waals surface area contributed by atoms with Crippen LogP contribution in [-0.4, -0.2) is 12.0 Å². The topological polar surface area (TPSA) is 64.4 Å². The Morgan fingerprint density at radius 3 is 2.84 bits per heavy atom. The summed E-state index contributed by atoms with van der Waals surface area (Å²) in [6.07, 6.45) is 0. The number of benzene rings is 1. The van der Waals surface area contributed by atoms with Crippen molar-refractivity contribution in [2.24, 2.45) is 0 Å². The van der Waals surface area contributed by atoms with E-state index in [1.54, 1.807) is 17.4 Å². The molecule has 2 aromatic rings. The van der Waals surface area contributed by atoms with Crippen LogP contribution in [0.15, 0.2) is 29.6 Å². The van der Waals surface area contributed by atoms with Gasteiger partial charge >= 0.3 is 0 Å². The van der Waals surface area contributed by atoms with E-state index in [9.17, 15) is 10.1 Å². The Morgan fingerprint density at radius 1 is 1.47 bits per heavy atom. The highest BCUT2D eigenvalue weighted by Gasteiger charge is 2.11. The molecule has 0 aliphatic carbocycles. The van der Waals surface area contributed by atoms with Crippen molar-refractivity contribution in [3.63, 3.8) is 0 Å². The van der Waals surface area contributed by atoms with E-state index in [1.807, 2.05) is 11.4 Å². The van der Waals surface area contributed by atoms with Crippen molar-refractivity contribution in [1.29, 1.82) is 0 Å². The number of rotatable bonds is 5. The van der Waals surface area contributed by atoms with Gasteiger partial charge in [-0.1, -0.05) is 11.6 Å². The first-order chi connectivity index (χ1) is 9.10. The van der Waals surface area contributed by atoms with Crippen LogP contribution in [0.3, 0.4) is 0 Å². The number of ether oxygens (including phenoxy) is 1. The molecule has 1 N–H and O–H groups in total. The summed E-state index contributed by atoms with van der Waals surface area (Å²) in [6, 6.07) is 6.33. The molecule has 5 nitrogen and oxygen atoms in total. The molecule has 0 amide bonds. The molecule has 1 aromatic heterocycles. The van der Waals surface area contributed by atoms with Gasteiger partial charge in [-0.25, -0.2) is 0 Å². The zero-order valence-electron chi connectivity index (χ0n) is 10.1. The Bertz CT molecular complexity index is 600. The molecular weight excluding hydrogens is 288 g/mol. The van der Waals surface area contributed by atoms with Crippen molar-refractivity contribution >= 4 is 34.3 Å². The van der Waals surface area contributed by atoms with Gasteiger partial charge in [-0.05, 0) is 12.1 Å². The third-order valence-electron chi connectivity index (χ3n) is 2.47. The van der Waals surface area contributed by atoms with E-state index in [0.29, 0.717) is 23.0 Å². The summed E-state index contributed by atoms with van der Waals surface area (Å²) in [4.78, 5) is 11.3. The number of nitro groups is 1. The largest absolute Gasteiger partial charge is 0.494 e. The zero-order chi connectivity index (χ0) is 13.8. The lowest BCUT2D eigenvalue weighted by Crippen LogP contribution is -2.00. The van der Waals surface area contributed by atoms with Gasteiger partial charge in [0.2, 0.25) is 0 Å². The fourth-order valence-corrected chi connectivity index (χ4v) is 2.58. The minimum Gasteiger partial charge on any atom is -0.494 e. The summed E-state index contributed by atoms with van der Waals surface area (Å²) in [7, 11) is 1.48.